The molecule has 0 unspecified atom stereocenters. The van der Waals surface area contributed by atoms with Gasteiger partial charge in [-0.3, -0.25) is 10.1 Å². The summed E-state index contributed by atoms with van der Waals surface area (Å²) in [5.74, 6) is 0.519. The molecule has 2 aromatic heterocycles. The molecule has 7 heteroatoms. The number of carbonyl (C=O) groups excluding carboxylic acids is 1. The zero-order valence-corrected chi connectivity index (χ0v) is 12.7. The van der Waals surface area contributed by atoms with Gasteiger partial charge in [0.25, 0.3) is 5.91 Å². The number of rotatable bonds is 4. The van der Waals surface area contributed by atoms with Crippen molar-refractivity contribution in [1.29, 1.82) is 0 Å². The number of nitrogens with one attached hydrogen (secondary N) is 1. The van der Waals surface area contributed by atoms with Crippen molar-refractivity contribution in [2.75, 3.05) is 5.32 Å². The minimum atomic E-state index is -0.216. The van der Waals surface area contributed by atoms with Gasteiger partial charge in [-0.05, 0) is 5.92 Å². The molecule has 2 heterocycles. The normalized spacial score (nSPS) is 16.2. The molecule has 20 heavy (non-hydrogen) atoms. The molecule has 2 aromatic rings. The average Bonchev–Trinajstić information content (AvgIpc) is 3.11. The highest BCUT2D eigenvalue weighted by atomic mass is 32.1. The molecule has 5 nitrogen and oxygen atoms in total. The Hall–Kier alpha value is -1.34. The van der Waals surface area contributed by atoms with Crippen molar-refractivity contribution >= 4 is 33.7 Å². The van der Waals surface area contributed by atoms with E-state index in [0.29, 0.717) is 10.8 Å². The minimum Gasteiger partial charge on any atom is -0.295 e. The van der Waals surface area contributed by atoms with Crippen LogP contribution in [0.2, 0.25) is 0 Å². The quantitative estimate of drug-likeness (QED) is 0.940. The summed E-state index contributed by atoms with van der Waals surface area (Å²) in [4.78, 5) is 15.8. The van der Waals surface area contributed by atoms with Crippen molar-refractivity contribution in [3.8, 4) is 0 Å². The van der Waals surface area contributed by atoms with Crippen molar-refractivity contribution < 1.29 is 4.79 Å². The maximum Gasteiger partial charge on any atom is 0.276 e. The fourth-order valence-corrected chi connectivity index (χ4v) is 3.89. The Morgan fingerprint density at radius 3 is 2.90 bits per heavy atom. The first-order chi connectivity index (χ1) is 9.81. The van der Waals surface area contributed by atoms with Gasteiger partial charge in [0.1, 0.15) is 10.7 Å². The van der Waals surface area contributed by atoms with E-state index in [9.17, 15) is 4.79 Å². The Morgan fingerprint density at radius 1 is 1.30 bits per heavy atom. The van der Waals surface area contributed by atoms with E-state index in [-0.39, 0.29) is 5.91 Å². The predicted molar refractivity (Wildman–Crippen MR) is 80.3 cm³/mol. The van der Waals surface area contributed by atoms with Crippen LogP contribution in [0, 0.1) is 5.92 Å². The summed E-state index contributed by atoms with van der Waals surface area (Å²) in [5, 5.41) is 14.3. The highest BCUT2D eigenvalue weighted by molar-refractivity contribution is 7.15. The summed E-state index contributed by atoms with van der Waals surface area (Å²) in [6.45, 7) is 0. The topological polar surface area (TPSA) is 67.8 Å². The Labute approximate surface area is 125 Å². The molecular weight excluding hydrogens is 292 g/mol. The monoisotopic (exact) mass is 308 g/mol. The summed E-state index contributed by atoms with van der Waals surface area (Å²) in [6.07, 6.45) is 7.60. The number of hydrogen-bond acceptors (Lipinski definition) is 6. The van der Waals surface area contributed by atoms with Gasteiger partial charge in [-0.15, -0.1) is 21.5 Å². The van der Waals surface area contributed by atoms with Gasteiger partial charge in [0.2, 0.25) is 5.13 Å². The van der Waals surface area contributed by atoms with Gasteiger partial charge < -0.3 is 0 Å². The van der Waals surface area contributed by atoms with Gasteiger partial charge >= 0.3 is 0 Å². The summed E-state index contributed by atoms with van der Waals surface area (Å²) in [5.41, 5.74) is 2.07. The van der Waals surface area contributed by atoms with Crippen LogP contribution < -0.4 is 5.32 Å². The molecule has 1 N–H and O–H groups in total. The average molecular weight is 308 g/mol. The van der Waals surface area contributed by atoms with Crippen LogP contribution in [-0.2, 0) is 6.42 Å². The molecule has 1 fully saturated rings. The van der Waals surface area contributed by atoms with Crippen molar-refractivity contribution in [2.24, 2.45) is 5.92 Å². The molecule has 0 spiro atoms. The Kier molecular flexibility index (Phi) is 4.37. The first kappa shape index (κ1) is 13.6. The smallest absolute Gasteiger partial charge is 0.276 e. The van der Waals surface area contributed by atoms with Crippen molar-refractivity contribution in [2.45, 2.75) is 38.5 Å². The standard InChI is InChI=1S/C13H16N4OS2/c18-12(10-7-19-8-14-10)15-13-17-16-11(20-13)6-9-4-2-1-3-5-9/h7-9H,1-6H2,(H,15,17,18). The van der Waals surface area contributed by atoms with Crippen LogP contribution in [0.15, 0.2) is 10.9 Å². The van der Waals surface area contributed by atoms with Crippen molar-refractivity contribution in [3.05, 3.63) is 21.6 Å². The number of thiazole rings is 1. The molecule has 0 aromatic carbocycles. The molecule has 0 bridgehead atoms. The molecular formula is C13H16N4OS2. The lowest BCUT2D eigenvalue weighted by atomic mass is 9.87. The largest absolute Gasteiger partial charge is 0.295 e. The first-order valence-corrected chi connectivity index (χ1v) is 8.59. The summed E-state index contributed by atoms with van der Waals surface area (Å²) in [6, 6.07) is 0. The third-order valence-electron chi connectivity index (χ3n) is 3.54. The van der Waals surface area contributed by atoms with E-state index in [1.807, 2.05) is 0 Å². The lowest BCUT2D eigenvalue weighted by Crippen LogP contribution is -2.11. The highest BCUT2D eigenvalue weighted by Crippen LogP contribution is 2.28. The number of hydrogen-bond donors (Lipinski definition) is 1. The van der Waals surface area contributed by atoms with Crippen LogP contribution in [0.1, 0.15) is 47.6 Å². The van der Waals surface area contributed by atoms with Gasteiger partial charge in [0.05, 0.1) is 5.51 Å². The Balaban J connectivity index is 1.57. The third-order valence-corrected chi connectivity index (χ3v) is 4.99. The van der Waals surface area contributed by atoms with Gasteiger partial charge in [0.15, 0.2) is 0 Å². The minimum absolute atomic E-state index is 0.216. The van der Waals surface area contributed by atoms with Gasteiger partial charge in [-0.2, -0.15) is 0 Å². The molecule has 0 aliphatic heterocycles. The maximum absolute atomic E-state index is 11.8. The number of amides is 1. The Morgan fingerprint density at radius 2 is 2.15 bits per heavy atom. The van der Waals surface area contributed by atoms with E-state index < -0.39 is 0 Å². The number of carbonyl (C=O) groups is 1. The first-order valence-electron chi connectivity index (χ1n) is 6.83. The van der Waals surface area contributed by atoms with Gasteiger partial charge in [-0.25, -0.2) is 4.98 Å². The summed E-state index contributed by atoms with van der Waals surface area (Å²) >= 11 is 2.88. The molecule has 1 aliphatic rings. The predicted octanol–water partition coefficient (Wildman–Crippen LogP) is 3.37. The van der Waals surface area contributed by atoms with Crippen molar-refractivity contribution in [3.63, 3.8) is 0 Å². The fourth-order valence-electron chi connectivity index (χ4n) is 2.51. The SMILES string of the molecule is O=C(Nc1nnc(CC2CCCCC2)s1)c1cscn1. The summed E-state index contributed by atoms with van der Waals surface area (Å²) < 4.78 is 0. The maximum atomic E-state index is 11.8. The van der Waals surface area contributed by atoms with Crippen LogP contribution in [0.25, 0.3) is 0 Å². The second-order valence-electron chi connectivity index (χ2n) is 5.04. The molecule has 1 saturated carbocycles. The molecule has 1 aliphatic carbocycles. The zero-order chi connectivity index (χ0) is 13.8. The van der Waals surface area contributed by atoms with Gasteiger partial charge in [0, 0.05) is 11.8 Å². The number of nitrogens with zero attached hydrogens (tertiary/aromatic N) is 3. The van der Waals surface area contributed by atoms with E-state index in [4.69, 9.17) is 0 Å². The van der Waals surface area contributed by atoms with Gasteiger partial charge in [-0.1, -0.05) is 43.4 Å². The molecule has 0 radical (unpaired) electrons. The van der Waals surface area contributed by atoms with Crippen LogP contribution >= 0.6 is 22.7 Å². The van der Waals surface area contributed by atoms with E-state index in [1.54, 1.807) is 10.9 Å². The van der Waals surface area contributed by atoms with Crippen LogP contribution in [-0.4, -0.2) is 21.1 Å². The highest BCUT2D eigenvalue weighted by Gasteiger charge is 2.17. The van der Waals surface area contributed by atoms with Crippen LogP contribution in [0.3, 0.4) is 0 Å². The zero-order valence-electron chi connectivity index (χ0n) is 11.0. The fraction of sp³-hybridized carbons (Fsp3) is 0.538. The van der Waals surface area contributed by atoms with E-state index in [1.165, 1.54) is 54.8 Å². The molecule has 0 atom stereocenters. The molecule has 1 amide bonds. The second-order valence-corrected chi connectivity index (χ2v) is 6.82. The number of anilines is 1. The van der Waals surface area contributed by atoms with Crippen LogP contribution in [0.5, 0.6) is 0 Å². The van der Waals surface area contributed by atoms with E-state index >= 15 is 0 Å². The lowest BCUT2D eigenvalue weighted by Gasteiger charge is -2.19. The molecule has 106 valence electrons. The van der Waals surface area contributed by atoms with E-state index in [0.717, 1.165) is 17.3 Å². The Bertz CT molecular complexity index is 561. The van der Waals surface area contributed by atoms with E-state index in [2.05, 4.69) is 20.5 Å². The lowest BCUT2D eigenvalue weighted by molar-refractivity contribution is 0.102. The van der Waals surface area contributed by atoms with Crippen LogP contribution in [0.4, 0.5) is 5.13 Å². The third kappa shape index (κ3) is 3.40. The molecule has 0 saturated heterocycles. The number of aromatic nitrogens is 3. The molecule has 3 rings (SSSR count). The van der Waals surface area contributed by atoms with Crippen molar-refractivity contribution in [1.82, 2.24) is 15.2 Å². The summed E-state index contributed by atoms with van der Waals surface area (Å²) in [7, 11) is 0. The second kappa shape index (κ2) is 6.41.